The van der Waals surface area contributed by atoms with Gasteiger partial charge in [0.05, 0.1) is 0 Å². The molecule has 0 amide bonds. The molecule has 0 rings (SSSR count). The van der Waals surface area contributed by atoms with Gasteiger partial charge in [0.15, 0.2) is 5.83 Å². The molecule has 0 radical (unpaired) electrons. The highest BCUT2D eigenvalue weighted by atomic mass is 35.5. The molecule has 0 aliphatic rings. The maximum Gasteiger partial charge on any atom is 0.445 e. The second-order valence-electron chi connectivity index (χ2n) is 2.01. The minimum Gasteiger partial charge on any atom is -0.219 e. The van der Waals surface area contributed by atoms with Crippen LogP contribution in [0.5, 0.6) is 0 Å². The van der Waals surface area contributed by atoms with Crippen molar-refractivity contribution in [2.24, 2.45) is 0 Å². The van der Waals surface area contributed by atoms with E-state index in [1.165, 1.54) is 0 Å². The summed E-state index contributed by atoms with van der Waals surface area (Å²) in [5.41, 5.74) is 0. The Morgan fingerprint density at radius 2 is 1.33 bits per heavy atom. The van der Waals surface area contributed by atoms with Gasteiger partial charge in [0, 0.05) is 0 Å². The maximum atomic E-state index is 12.2. The van der Waals surface area contributed by atoms with Gasteiger partial charge in [0.1, 0.15) is 0 Å². The highest BCUT2D eigenvalue weighted by molar-refractivity contribution is 6.24. The molecule has 1 unspecified atom stereocenters. The van der Waals surface area contributed by atoms with Gasteiger partial charge in [-0.1, -0.05) is 11.6 Å². The predicted molar refractivity (Wildman–Crippen MR) is 30.7 cm³/mol. The summed E-state index contributed by atoms with van der Waals surface area (Å²) in [6, 6.07) is 0. The van der Waals surface area contributed by atoms with E-state index in [0.29, 0.717) is 0 Å². The number of hydrogen-bond acceptors (Lipinski definition) is 0. The van der Waals surface area contributed by atoms with E-state index in [0.717, 1.165) is 0 Å². The molecule has 1 atom stereocenters. The van der Waals surface area contributed by atoms with Crippen LogP contribution in [0.2, 0.25) is 0 Å². The van der Waals surface area contributed by atoms with Crippen molar-refractivity contribution in [1.82, 2.24) is 0 Å². The summed E-state index contributed by atoms with van der Waals surface area (Å²) in [4.78, 5) is 0. The van der Waals surface area contributed by atoms with Gasteiger partial charge in [-0.05, 0) is 6.92 Å². The molecule has 0 spiro atoms. The van der Waals surface area contributed by atoms with E-state index in [1.807, 2.05) is 0 Å². The summed E-state index contributed by atoms with van der Waals surface area (Å²) in [5, 5.41) is -3.47. The fourth-order valence-corrected chi connectivity index (χ4v) is 0.400. The topological polar surface area (TPSA) is 0 Å². The Balaban J connectivity index is 4.96. The van der Waals surface area contributed by atoms with E-state index in [-0.39, 0.29) is 6.92 Å². The SMILES string of the molecule is CC(F)(Cl)C(F)=C(F)C(F)(F)F. The average Bonchev–Trinajstić information content (AvgIpc) is 1.80. The van der Waals surface area contributed by atoms with Crippen LogP contribution in [-0.4, -0.2) is 11.3 Å². The second-order valence-corrected chi connectivity index (χ2v) is 2.72. The van der Waals surface area contributed by atoms with Crippen molar-refractivity contribution >= 4 is 11.6 Å². The van der Waals surface area contributed by atoms with Gasteiger partial charge >= 0.3 is 6.18 Å². The minimum absolute atomic E-state index is 0.259. The molecule has 0 saturated heterocycles. The third-order valence-electron chi connectivity index (χ3n) is 0.827. The zero-order valence-corrected chi connectivity index (χ0v) is 6.40. The van der Waals surface area contributed by atoms with E-state index in [9.17, 15) is 26.3 Å². The van der Waals surface area contributed by atoms with Gasteiger partial charge in [0.25, 0.3) is 0 Å². The number of rotatable bonds is 1. The molecule has 0 fully saturated rings. The summed E-state index contributed by atoms with van der Waals surface area (Å²) in [7, 11) is 0. The molecule has 0 aromatic carbocycles. The van der Waals surface area contributed by atoms with Crippen LogP contribution in [0.3, 0.4) is 0 Å². The lowest BCUT2D eigenvalue weighted by Gasteiger charge is -2.11. The van der Waals surface area contributed by atoms with Crippen molar-refractivity contribution in [3.63, 3.8) is 0 Å². The fourth-order valence-electron chi connectivity index (χ4n) is 0.317. The van der Waals surface area contributed by atoms with Crippen LogP contribution in [0.15, 0.2) is 11.7 Å². The molecule has 0 N–H and O–H groups in total. The molecule has 0 aliphatic carbocycles. The number of allylic oxidation sites excluding steroid dienone is 2. The lowest BCUT2D eigenvalue weighted by molar-refractivity contribution is -0.112. The predicted octanol–water partition coefficient (Wildman–Crippen LogP) is 3.62. The van der Waals surface area contributed by atoms with Gasteiger partial charge < -0.3 is 0 Å². The average molecular weight is 213 g/mol. The molecule has 0 aliphatic heterocycles. The minimum atomic E-state index is -5.55. The lowest BCUT2D eigenvalue weighted by Crippen LogP contribution is -2.17. The fraction of sp³-hybridized carbons (Fsp3) is 0.600. The highest BCUT2D eigenvalue weighted by Gasteiger charge is 2.43. The van der Waals surface area contributed by atoms with Crippen molar-refractivity contribution in [2.75, 3.05) is 0 Å². The first-order valence-electron chi connectivity index (χ1n) is 2.57. The zero-order chi connectivity index (χ0) is 10.2. The van der Waals surface area contributed by atoms with Crippen molar-refractivity contribution in [3.05, 3.63) is 11.7 Å². The van der Waals surface area contributed by atoms with Crippen LogP contribution in [0.4, 0.5) is 26.3 Å². The molecule has 12 heavy (non-hydrogen) atoms. The molecule has 72 valence electrons. The number of halogens is 7. The smallest absolute Gasteiger partial charge is 0.219 e. The molecule has 0 heterocycles. The summed E-state index contributed by atoms with van der Waals surface area (Å²) in [6.45, 7) is 0.259. The zero-order valence-electron chi connectivity index (χ0n) is 5.65. The van der Waals surface area contributed by atoms with E-state index >= 15 is 0 Å². The Morgan fingerprint density at radius 1 is 1.00 bits per heavy atom. The van der Waals surface area contributed by atoms with E-state index in [1.54, 1.807) is 0 Å². The van der Waals surface area contributed by atoms with Gasteiger partial charge in [0.2, 0.25) is 11.0 Å². The monoisotopic (exact) mass is 212 g/mol. The molecule has 0 nitrogen and oxygen atoms in total. The summed E-state index contributed by atoms with van der Waals surface area (Å²) >= 11 is 4.44. The lowest BCUT2D eigenvalue weighted by atomic mass is 10.3. The highest BCUT2D eigenvalue weighted by Crippen LogP contribution is 2.37. The molecule has 0 aromatic rings. The third kappa shape index (κ3) is 2.92. The Morgan fingerprint density at radius 3 is 1.42 bits per heavy atom. The normalized spacial score (nSPS) is 20.0. The summed E-state index contributed by atoms with van der Waals surface area (Å²) in [6.07, 6.45) is -5.55. The summed E-state index contributed by atoms with van der Waals surface area (Å²) < 4.78 is 70.1. The van der Waals surface area contributed by atoms with Gasteiger partial charge in [-0.2, -0.15) is 17.6 Å². The van der Waals surface area contributed by atoms with Crippen LogP contribution >= 0.6 is 11.6 Å². The Kier molecular flexibility index (Phi) is 3.06. The molecule has 0 saturated carbocycles. The quantitative estimate of drug-likeness (QED) is 0.460. The first-order chi connectivity index (χ1) is 5.07. The van der Waals surface area contributed by atoms with Gasteiger partial charge in [-0.25, -0.2) is 8.78 Å². The van der Waals surface area contributed by atoms with Crippen LogP contribution in [0.1, 0.15) is 6.92 Å². The van der Waals surface area contributed by atoms with Gasteiger partial charge in [-0.15, -0.1) is 0 Å². The molecular weight excluding hydrogens is 209 g/mol. The van der Waals surface area contributed by atoms with E-state index < -0.39 is 23.0 Å². The Labute approximate surface area is 68.8 Å². The molecule has 7 heteroatoms. The van der Waals surface area contributed by atoms with Gasteiger partial charge in [-0.3, -0.25) is 0 Å². The van der Waals surface area contributed by atoms with Crippen LogP contribution in [-0.2, 0) is 0 Å². The largest absolute Gasteiger partial charge is 0.445 e. The van der Waals surface area contributed by atoms with E-state index in [2.05, 4.69) is 11.6 Å². The number of hydrogen-bond donors (Lipinski definition) is 0. The van der Waals surface area contributed by atoms with Crippen LogP contribution < -0.4 is 0 Å². The van der Waals surface area contributed by atoms with Crippen LogP contribution in [0, 0.1) is 0 Å². The van der Waals surface area contributed by atoms with Crippen molar-refractivity contribution in [1.29, 1.82) is 0 Å². The Hall–Kier alpha value is -0.390. The molecule has 0 bridgehead atoms. The van der Waals surface area contributed by atoms with E-state index in [4.69, 9.17) is 0 Å². The molecular formula is C5H3ClF6. The molecule has 0 aromatic heterocycles. The third-order valence-corrected chi connectivity index (χ3v) is 0.993. The number of alkyl halides is 5. The van der Waals surface area contributed by atoms with Crippen molar-refractivity contribution in [2.45, 2.75) is 18.2 Å². The summed E-state index contributed by atoms with van der Waals surface area (Å²) in [5.74, 6) is -5.82. The standard InChI is InChI=1S/C5H3ClF6/c1-4(6,9)2(7)3(8)5(10,11)12/h1H3. The second kappa shape index (κ2) is 3.16. The first-order valence-corrected chi connectivity index (χ1v) is 2.95. The first kappa shape index (κ1) is 11.6. The van der Waals surface area contributed by atoms with Crippen molar-refractivity contribution in [3.8, 4) is 0 Å². The van der Waals surface area contributed by atoms with Crippen molar-refractivity contribution < 1.29 is 26.3 Å². The van der Waals surface area contributed by atoms with Crippen LogP contribution in [0.25, 0.3) is 0 Å². The maximum absolute atomic E-state index is 12.2. The Bertz CT molecular complexity index is 175.